The van der Waals surface area contributed by atoms with E-state index >= 15 is 0 Å². The van der Waals surface area contributed by atoms with Crippen molar-refractivity contribution in [2.24, 2.45) is 10.9 Å². The van der Waals surface area contributed by atoms with E-state index in [2.05, 4.69) is 15.0 Å². The van der Waals surface area contributed by atoms with E-state index in [0.717, 1.165) is 11.3 Å². The molecule has 1 aromatic carbocycles. The van der Waals surface area contributed by atoms with Crippen LogP contribution in [0.3, 0.4) is 0 Å². The largest absolute Gasteiger partial charge is 0.409 e. The van der Waals surface area contributed by atoms with Crippen LogP contribution in [0, 0.1) is 0 Å². The number of para-hydroxylation sites is 1. The van der Waals surface area contributed by atoms with Crippen LogP contribution in [0.1, 0.15) is 11.3 Å². The lowest BCUT2D eigenvalue weighted by atomic mass is 10.1. The maximum Gasteiger partial charge on any atom is 0.189 e. The lowest BCUT2D eigenvalue weighted by molar-refractivity contribution is 0.318. The molecule has 3 N–H and O–H groups in total. The summed E-state index contributed by atoms with van der Waals surface area (Å²) in [6.45, 7) is 0.628. The molecule has 2 rings (SSSR count). The van der Waals surface area contributed by atoms with E-state index in [1.807, 2.05) is 49.5 Å². The normalized spacial score (nSPS) is 11.3. The van der Waals surface area contributed by atoms with E-state index in [4.69, 9.17) is 10.9 Å². The molecule has 0 aliphatic rings. The van der Waals surface area contributed by atoms with E-state index in [0.29, 0.717) is 12.2 Å². The smallest absolute Gasteiger partial charge is 0.189 e. The minimum absolute atomic E-state index is 0.0251. The van der Waals surface area contributed by atoms with Crippen LogP contribution >= 0.6 is 0 Å². The molecule has 5 heteroatoms. The number of anilines is 1. The highest BCUT2D eigenvalue weighted by molar-refractivity contribution is 5.96. The molecule has 0 bridgehead atoms. The second kappa shape index (κ2) is 5.86. The Bertz CT molecular complexity index is 569. The molecule has 0 aliphatic heterocycles. The van der Waals surface area contributed by atoms with Gasteiger partial charge in [0, 0.05) is 31.0 Å². The van der Waals surface area contributed by atoms with Crippen molar-refractivity contribution in [1.29, 1.82) is 0 Å². The molecule has 1 heterocycles. The summed E-state index contributed by atoms with van der Waals surface area (Å²) < 4.78 is 0. The number of pyridine rings is 1. The van der Waals surface area contributed by atoms with Gasteiger partial charge in [-0.25, -0.2) is 0 Å². The molecule has 0 spiro atoms. The number of benzene rings is 1. The van der Waals surface area contributed by atoms with Gasteiger partial charge in [-0.3, -0.25) is 4.98 Å². The zero-order chi connectivity index (χ0) is 13.7. The van der Waals surface area contributed by atoms with Crippen molar-refractivity contribution in [2.75, 3.05) is 11.9 Å². The van der Waals surface area contributed by atoms with Crippen LogP contribution < -0.4 is 10.6 Å². The molecule has 0 saturated heterocycles. The Morgan fingerprint density at radius 2 is 2.00 bits per heavy atom. The van der Waals surface area contributed by atoms with Crippen LogP contribution in [0.15, 0.2) is 53.8 Å². The first kappa shape index (κ1) is 12.9. The lowest BCUT2D eigenvalue weighted by Gasteiger charge is -2.20. The first-order valence-electron chi connectivity index (χ1n) is 5.90. The van der Waals surface area contributed by atoms with E-state index in [-0.39, 0.29) is 5.84 Å². The van der Waals surface area contributed by atoms with Crippen molar-refractivity contribution in [3.05, 3.63) is 59.9 Å². The fourth-order valence-electron chi connectivity index (χ4n) is 1.87. The summed E-state index contributed by atoms with van der Waals surface area (Å²) >= 11 is 0. The van der Waals surface area contributed by atoms with Gasteiger partial charge in [-0.1, -0.05) is 29.4 Å². The number of rotatable bonds is 4. The fourth-order valence-corrected chi connectivity index (χ4v) is 1.87. The molecule has 0 saturated carbocycles. The quantitative estimate of drug-likeness (QED) is 0.378. The van der Waals surface area contributed by atoms with Gasteiger partial charge in [-0.05, 0) is 18.2 Å². The van der Waals surface area contributed by atoms with Crippen molar-refractivity contribution >= 4 is 11.5 Å². The molecular weight excluding hydrogens is 240 g/mol. The molecule has 0 radical (unpaired) electrons. The summed E-state index contributed by atoms with van der Waals surface area (Å²) in [5, 5.41) is 11.8. The summed E-state index contributed by atoms with van der Waals surface area (Å²) in [4.78, 5) is 6.23. The van der Waals surface area contributed by atoms with Crippen LogP contribution in [0.2, 0.25) is 0 Å². The Balaban J connectivity index is 2.24. The second-order valence-corrected chi connectivity index (χ2v) is 4.19. The van der Waals surface area contributed by atoms with Gasteiger partial charge in [0.2, 0.25) is 0 Å². The molecule has 19 heavy (non-hydrogen) atoms. The van der Waals surface area contributed by atoms with Crippen LogP contribution in [0.5, 0.6) is 0 Å². The average Bonchev–Trinajstić information content (AvgIpc) is 2.48. The summed E-state index contributed by atoms with van der Waals surface area (Å²) in [6.07, 6.45) is 1.62. The summed E-state index contributed by atoms with van der Waals surface area (Å²) in [5.41, 5.74) is 8.14. The summed E-state index contributed by atoms with van der Waals surface area (Å²) in [7, 11) is 1.98. The molecule has 98 valence electrons. The minimum atomic E-state index is 0.0251. The van der Waals surface area contributed by atoms with Crippen molar-refractivity contribution in [1.82, 2.24) is 4.98 Å². The maximum absolute atomic E-state index is 8.77. The van der Waals surface area contributed by atoms with Crippen LogP contribution in [0.25, 0.3) is 0 Å². The van der Waals surface area contributed by atoms with E-state index in [1.165, 1.54) is 0 Å². The van der Waals surface area contributed by atoms with Gasteiger partial charge in [0.15, 0.2) is 5.84 Å². The Morgan fingerprint density at radius 1 is 1.26 bits per heavy atom. The zero-order valence-corrected chi connectivity index (χ0v) is 10.7. The zero-order valence-electron chi connectivity index (χ0n) is 10.7. The van der Waals surface area contributed by atoms with Crippen molar-refractivity contribution < 1.29 is 5.21 Å². The van der Waals surface area contributed by atoms with Crippen molar-refractivity contribution in [3.8, 4) is 0 Å². The van der Waals surface area contributed by atoms with Gasteiger partial charge in [0.1, 0.15) is 5.69 Å². The molecule has 0 fully saturated rings. The average molecular weight is 256 g/mol. The molecule has 5 nitrogen and oxygen atoms in total. The summed E-state index contributed by atoms with van der Waals surface area (Å²) in [6, 6.07) is 13.8. The number of hydrogen-bond acceptors (Lipinski definition) is 4. The number of amidine groups is 1. The lowest BCUT2D eigenvalue weighted by Crippen LogP contribution is -2.22. The highest BCUT2D eigenvalue weighted by Crippen LogP contribution is 2.16. The topological polar surface area (TPSA) is 74.7 Å². The van der Waals surface area contributed by atoms with Crippen LogP contribution in [-0.4, -0.2) is 23.1 Å². The molecule has 0 atom stereocenters. The molecule has 1 aromatic heterocycles. The third-order valence-electron chi connectivity index (χ3n) is 2.85. The van der Waals surface area contributed by atoms with Gasteiger partial charge in [-0.15, -0.1) is 0 Å². The van der Waals surface area contributed by atoms with Crippen molar-refractivity contribution in [3.63, 3.8) is 0 Å². The highest BCUT2D eigenvalue weighted by Gasteiger charge is 2.10. The summed E-state index contributed by atoms with van der Waals surface area (Å²) in [5.74, 6) is 0.0251. The number of hydrogen-bond donors (Lipinski definition) is 2. The van der Waals surface area contributed by atoms with E-state index in [9.17, 15) is 0 Å². The van der Waals surface area contributed by atoms with Gasteiger partial charge in [0.05, 0.1) is 0 Å². The van der Waals surface area contributed by atoms with Gasteiger partial charge in [-0.2, -0.15) is 0 Å². The highest BCUT2D eigenvalue weighted by atomic mass is 16.4. The first-order chi connectivity index (χ1) is 9.22. The molecule has 0 unspecified atom stereocenters. The van der Waals surface area contributed by atoms with E-state index in [1.54, 1.807) is 6.20 Å². The Hall–Kier alpha value is -2.56. The maximum atomic E-state index is 8.77. The Labute approximate surface area is 112 Å². The molecular formula is C14H16N4O. The van der Waals surface area contributed by atoms with Gasteiger partial charge < -0.3 is 15.8 Å². The number of oxime groups is 1. The van der Waals surface area contributed by atoms with Gasteiger partial charge >= 0.3 is 0 Å². The third kappa shape index (κ3) is 3.01. The predicted octanol–water partition coefficient (Wildman–Crippen LogP) is 1.81. The van der Waals surface area contributed by atoms with Crippen LogP contribution in [0.4, 0.5) is 5.69 Å². The third-order valence-corrected chi connectivity index (χ3v) is 2.85. The molecule has 0 aliphatic carbocycles. The first-order valence-corrected chi connectivity index (χ1v) is 5.90. The van der Waals surface area contributed by atoms with Gasteiger partial charge in [0.25, 0.3) is 0 Å². The SMILES string of the molecule is CN(Cc1cccnc1C(N)=NO)c1ccccc1. The monoisotopic (exact) mass is 256 g/mol. The standard InChI is InChI=1S/C14H16N4O/c1-18(12-7-3-2-4-8-12)10-11-6-5-9-16-13(11)14(15)17-19/h2-9,19H,10H2,1H3,(H2,15,17). The molecule has 2 aromatic rings. The van der Waals surface area contributed by atoms with Crippen molar-refractivity contribution in [2.45, 2.75) is 6.54 Å². The fraction of sp³-hybridized carbons (Fsp3) is 0.143. The Kier molecular flexibility index (Phi) is 3.97. The number of nitrogens with two attached hydrogens (primary N) is 1. The number of aromatic nitrogens is 1. The van der Waals surface area contributed by atoms with Crippen LogP contribution in [-0.2, 0) is 6.54 Å². The second-order valence-electron chi connectivity index (χ2n) is 4.19. The Morgan fingerprint density at radius 3 is 2.68 bits per heavy atom. The van der Waals surface area contributed by atoms with E-state index < -0.39 is 0 Å². The predicted molar refractivity (Wildman–Crippen MR) is 75.3 cm³/mol. The number of nitrogens with zero attached hydrogens (tertiary/aromatic N) is 3. The molecule has 0 amide bonds. The minimum Gasteiger partial charge on any atom is -0.409 e.